The van der Waals surface area contributed by atoms with Crippen LogP contribution in [-0.2, 0) is 17.8 Å². The van der Waals surface area contributed by atoms with Gasteiger partial charge in [-0.2, -0.15) is 5.06 Å². The molecule has 7 heteroatoms. The molecule has 0 bridgehead atoms. The molecular formula is C33H30N4O3. The Labute approximate surface area is 231 Å². The number of pyridine rings is 1. The Morgan fingerprint density at radius 1 is 1.00 bits per heavy atom. The highest BCUT2D eigenvalue weighted by Crippen LogP contribution is 2.35. The van der Waals surface area contributed by atoms with Gasteiger partial charge in [-0.15, -0.1) is 0 Å². The molecule has 0 amide bonds. The van der Waals surface area contributed by atoms with E-state index in [1.54, 1.807) is 0 Å². The van der Waals surface area contributed by atoms with Gasteiger partial charge in [-0.1, -0.05) is 54.6 Å². The summed E-state index contributed by atoms with van der Waals surface area (Å²) in [6.07, 6.45) is 5.94. The summed E-state index contributed by atoms with van der Waals surface area (Å²) in [6, 6.07) is 23.9. The van der Waals surface area contributed by atoms with Crippen LogP contribution >= 0.6 is 0 Å². The third-order valence-corrected chi connectivity index (χ3v) is 7.99. The second-order valence-electron chi connectivity index (χ2n) is 10.5. The van der Waals surface area contributed by atoms with Gasteiger partial charge in [0, 0.05) is 54.9 Å². The number of aryl methyl sites for hydroxylation is 1. The molecular weight excluding hydrogens is 500 g/mol. The van der Waals surface area contributed by atoms with Crippen molar-refractivity contribution in [3.05, 3.63) is 108 Å². The maximum absolute atomic E-state index is 12.6. The van der Waals surface area contributed by atoms with E-state index in [1.807, 2.05) is 60.8 Å². The molecule has 0 radical (unpaired) electrons. The number of rotatable bonds is 7. The van der Waals surface area contributed by atoms with Gasteiger partial charge in [0.2, 0.25) is 0 Å². The Kier molecular flexibility index (Phi) is 6.10. The van der Waals surface area contributed by atoms with E-state index in [9.17, 15) is 9.90 Å². The molecule has 0 aliphatic carbocycles. The number of aromatic nitrogens is 3. The predicted molar refractivity (Wildman–Crippen MR) is 157 cm³/mol. The van der Waals surface area contributed by atoms with Gasteiger partial charge in [0.1, 0.15) is 5.65 Å². The van der Waals surface area contributed by atoms with Crippen LogP contribution < -0.4 is 0 Å². The van der Waals surface area contributed by atoms with Crippen LogP contribution in [0.4, 0.5) is 0 Å². The Bertz CT molecular complexity index is 1900. The van der Waals surface area contributed by atoms with Gasteiger partial charge in [-0.3, -0.25) is 4.84 Å². The number of benzene rings is 3. The molecule has 1 fully saturated rings. The molecule has 6 aromatic rings. The molecule has 3 aromatic heterocycles. The van der Waals surface area contributed by atoms with E-state index in [0.29, 0.717) is 23.1 Å². The van der Waals surface area contributed by atoms with E-state index < -0.39 is 5.97 Å². The molecule has 0 spiro atoms. The van der Waals surface area contributed by atoms with Crippen molar-refractivity contribution in [3.8, 4) is 11.3 Å². The first-order valence-corrected chi connectivity index (χ1v) is 13.7. The Morgan fingerprint density at radius 3 is 2.73 bits per heavy atom. The van der Waals surface area contributed by atoms with Crippen molar-refractivity contribution in [2.24, 2.45) is 0 Å². The highest BCUT2D eigenvalue weighted by atomic mass is 16.7. The number of aromatic carboxylic acids is 1. The lowest BCUT2D eigenvalue weighted by molar-refractivity contribution is -0.111. The number of carboxylic acid groups (broad SMARTS) is 1. The third kappa shape index (κ3) is 4.15. The lowest BCUT2D eigenvalue weighted by atomic mass is 9.94. The lowest BCUT2D eigenvalue weighted by Crippen LogP contribution is -2.22. The average Bonchev–Trinajstić information content (AvgIpc) is 3.70. The van der Waals surface area contributed by atoms with Crippen molar-refractivity contribution in [1.82, 2.24) is 19.0 Å². The van der Waals surface area contributed by atoms with Crippen LogP contribution in [0.15, 0.2) is 85.2 Å². The zero-order valence-electron chi connectivity index (χ0n) is 22.4. The van der Waals surface area contributed by atoms with E-state index in [-0.39, 0.29) is 5.56 Å². The number of hydroxylamine groups is 2. The molecule has 1 aliphatic rings. The van der Waals surface area contributed by atoms with Crippen LogP contribution in [0.1, 0.15) is 33.6 Å². The average molecular weight is 531 g/mol. The van der Waals surface area contributed by atoms with Crippen molar-refractivity contribution >= 4 is 33.3 Å². The number of hydrogen-bond donors (Lipinski definition) is 1. The molecule has 1 aliphatic heterocycles. The van der Waals surface area contributed by atoms with Gasteiger partial charge in [-0.25, -0.2) is 9.78 Å². The summed E-state index contributed by atoms with van der Waals surface area (Å²) in [5, 5.41) is 15.3. The van der Waals surface area contributed by atoms with E-state index in [1.165, 1.54) is 22.0 Å². The maximum atomic E-state index is 12.6. The predicted octanol–water partition coefficient (Wildman–Crippen LogP) is 6.34. The molecule has 0 atom stereocenters. The summed E-state index contributed by atoms with van der Waals surface area (Å²) in [5.41, 5.74) is 7.00. The summed E-state index contributed by atoms with van der Waals surface area (Å²) < 4.78 is 4.41. The minimum absolute atomic E-state index is 0.284. The first-order valence-electron chi connectivity index (χ1n) is 13.7. The fourth-order valence-electron chi connectivity index (χ4n) is 6.16. The minimum Gasteiger partial charge on any atom is -0.478 e. The molecule has 3 aromatic carbocycles. The van der Waals surface area contributed by atoms with E-state index >= 15 is 0 Å². The van der Waals surface area contributed by atoms with Crippen molar-refractivity contribution in [2.75, 3.05) is 19.7 Å². The van der Waals surface area contributed by atoms with Crippen molar-refractivity contribution < 1.29 is 14.7 Å². The second kappa shape index (κ2) is 9.93. The summed E-state index contributed by atoms with van der Waals surface area (Å²) in [4.78, 5) is 23.4. The number of carboxylic acids is 1. The molecule has 1 N–H and O–H groups in total. The van der Waals surface area contributed by atoms with Crippen LogP contribution in [0.2, 0.25) is 0 Å². The summed E-state index contributed by atoms with van der Waals surface area (Å²) in [7, 11) is 0. The highest BCUT2D eigenvalue weighted by molar-refractivity contribution is 6.09. The Hall–Kier alpha value is -4.46. The quantitative estimate of drug-likeness (QED) is 0.261. The monoisotopic (exact) mass is 530 g/mol. The smallest absolute Gasteiger partial charge is 0.337 e. The molecule has 7 nitrogen and oxygen atoms in total. The van der Waals surface area contributed by atoms with E-state index in [2.05, 4.69) is 45.4 Å². The van der Waals surface area contributed by atoms with Crippen LogP contribution in [0.3, 0.4) is 0 Å². The molecule has 40 heavy (non-hydrogen) atoms. The van der Waals surface area contributed by atoms with Gasteiger partial charge >= 0.3 is 5.97 Å². The Balaban J connectivity index is 1.39. The van der Waals surface area contributed by atoms with E-state index in [0.717, 1.165) is 49.4 Å². The summed E-state index contributed by atoms with van der Waals surface area (Å²) in [6.45, 7) is 5.57. The van der Waals surface area contributed by atoms with Gasteiger partial charge in [0.05, 0.1) is 23.6 Å². The maximum Gasteiger partial charge on any atom is 0.337 e. The molecule has 7 rings (SSSR count). The normalized spacial score (nSPS) is 14.1. The lowest BCUT2D eigenvalue weighted by Gasteiger charge is -2.14. The molecule has 0 unspecified atom stereocenters. The van der Waals surface area contributed by atoms with Crippen LogP contribution in [-0.4, -0.2) is 49.8 Å². The van der Waals surface area contributed by atoms with Crippen LogP contribution in [0, 0.1) is 6.92 Å². The first-order chi connectivity index (χ1) is 19.6. The van der Waals surface area contributed by atoms with Crippen LogP contribution in [0.5, 0.6) is 0 Å². The molecule has 200 valence electrons. The highest BCUT2D eigenvalue weighted by Gasteiger charge is 2.23. The van der Waals surface area contributed by atoms with Crippen LogP contribution in [0.25, 0.3) is 38.6 Å². The number of nitrogens with zero attached hydrogens (tertiary/aromatic N) is 4. The van der Waals surface area contributed by atoms with Gasteiger partial charge < -0.3 is 14.1 Å². The van der Waals surface area contributed by atoms with Crippen molar-refractivity contribution in [3.63, 3.8) is 0 Å². The number of carbonyl (C=O) groups is 1. The second-order valence-corrected chi connectivity index (χ2v) is 10.5. The number of hydrogen-bond acceptors (Lipinski definition) is 4. The number of fused-ring (bicyclic) bond motifs is 3. The zero-order valence-corrected chi connectivity index (χ0v) is 22.4. The van der Waals surface area contributed by atoms with Gasteiger partial charge in [0.15, 0.2) is 0 Å². The zero-order chi connectivity index (χ0) is 27.2. The summed E-state index contributed by atoms with van der Waals surface area (Å²) >= 11 is 0. The molecule has 0 saturated carbocycles. The standard InChI is InChI=1S/C33H30N4O3/c1-22-8-6-11-27-30(22)24(21-35(27)17-18-36-15-7-19-40-36)20-28-32(34-29-12-4-5-16-37(28)29)26-14-13-23-9-2-3-10-25(23)31(26)33(38)39/h2-6,8-14,16,21H,7,15,17-20H2,1H3,(H,38,39). The number of imidazole rings is 1. The summed E-state index contributed by atoms with van der Waals surface area (Å²) in [5.74, 6) is -0.952. The Morgan fingerprint density at radius 2 is 1.88 bits per heavy atom. The fraction of sp³-hybridized carbons (Fsp3) is 0.212. The molecule has 1 saturated heterocycles. The third-order valence-electron chi connectivity index (χ3n) is 7.99. The fourth-order valence-corrected chi connectivity index (χ4v) is 6.16. The van der Waals surface area contributed by atoms with Crippen molar-refractivity contribution in [2.45, 2.75) is 26.3 Å². The first kappa shape index (κ1) is 24.6. The SMILES string of the molecule is Cc1cccc2c1c(Cc1c(-c3ccc4ccccc4c3C(=O)O)nc3ccccn13)cn2CCN1CCCO1. The largest absolute Gasteiger partial charge is 0.478 e. The van der Waals surface area contributed by atoms with E-state index in [4.69, 9.17) is 9.82 Å². The van der Waals surface area contributed by atoms with Crippen molar-refractivity contribution in [1.29, 1.82) is 0 Å². The topological polar surface area (TPSA) is 72.0 Å². The van der Waals surface area contributed by atoms with Gasteiger partial charge in [-0.05, 0) is 53.4 Å². The minimum atomic E-state index is -0.952. The van der Waals surface area contributed by atoms with Gasteiger partial charge in [0.25, 0.3) is 0 Å². The molecule has 4 heterocycles.